The second kappa shape index (κ2) is 3.88. The lowest BCUT2D eigenvalue weighted by molar-refractivity contribution is 0.586. The van der Waals surface area contributed by atoms with Crippen LogP contribution in [-0.2, 0) is 11.2 Å². The summed E-state index contributed by atoms with van der Waals surface area (Å²) in [4.78, 5) is 4.35. The smallest absolute Gasteiger partial charge is 0.302 e. The van der Waals surface area contributed by atoms with E-state index >= 15 is 0 Å². The molecule has 0 radical (unpaired) electrons. The van der Waals surface area contributed by atoms with Crippen molar-refractivity contribution in [3.63, 3.8) is 0 Å². The van der Waals surface area contributed by atoms with E-state index < -0.39 is 11.2 Å². The average molecular weight is 225 g/mol. The lowest BCUT2D eigenvalue weighted by atomic mass is 10.3. The molecule has 2 nitrogen and oxygen atoms in total. The topological polar surface area (TPSA) is 36.0 Å². The molecule has 74 valence electrons. The fourth-order valence-electron chi connectivity index (χ4n) is 1.14. The number of hydrogen-bond donors (Lipinski definition) is 0. The van der Waals surface area contributed by atoms with Gasteiger partial charge in [0, 0.05) is 11.2 Å². The molecule has 0 aliphatic carbocycles. The summed E-state index contributed by atoms with van der Waals surface area (Å²) < 4.78 is 13.6. The molecule has 0 aliphatic rings. The SMILES string of the molecule is CC(C)[S+]([O-])c1nc2ccccc2s1. The molecule has 0 fully saturated rings. The summed E-state index contributed by atoms with van der Waals surface area (Å²) in [5.41, 5.74) is 0.946. The zero-order valence-electron chi connectivity index (χ0n) is 8.06. The second-order valence-corrected chi connectivity index (χ2v) is 6.51. The van der Waals surface area contributed by atoms with Gasteiger partial charge in [0.2, 0.25) is 0 Å². The van der Waals surface area contributed by atoms with Gasteiger partial charge < -0.3 is 4.55 Å². The van der Waals surface area contributed by atoms with Gasteiger partial charge >= 0.3 is 4.34 Å². The van der Waals surface area contributed by atoms with Crippen molar-refractivity contribution in [2.24, 2.45) is 0 Å². The van der Waals surface area contributed by atoms with E-state index in [4.69, 9.17) is 0 Å². The largest absolute Gasteiger partial charge is 0.609 e. The van der Waals surface area contributed by atoms with Crippen molar-refractivity contribution >= 4 is 32.7 Å². The molecule has 1 heterocycles. The van der Waals surface area contributed by atoms with Crippen LogP contribution in [0.15, 0.2) is 28.6 Å². The molecule has 0 aliphatic heterocycles. The van der Waals surface area contributed by atoms with Crippen LogP contribution in [0.25, 0.3) is 10.2 Å². The summed E-state index contributed by atoms with van der Waals surface area (Å²) in [5, 5.41) is 0.135. The van der Waals surface area contributed by atoms with E-state index in [1.807, 2.05) is 38.1 Å². The van der Waals surface area contributed by atoms with E-state index in [2.05, 4.69) is 4.98 Å². The Morgan fingerprint density at radius 1 is 1.36 bits per heavy atom. The van der Waals surface area contributed by atoms with E-state index in [-0.39, 0.29) is 5.25 Å². The van der Waals surface area contributed by atoms with E-state index in [0.717, 1.165) is 14.6 Å². The van der Waals surface area contributed by atoms with Crippen LogP contribution < -0.4 is 0 Å². The molecule has 1 atom stereocenters. The lowest BCUT2D eigenvalue weighted by Gasteiger charge is -2.09. The summed E-state index contributed by atoms with van der Waals surface area (Å²) in [6, 6.07) is 7.88. The van der Waals surface area contributed by atoms with Crippen molar-refractivity contribution in [1.82, 2.24) is 4.98 Å². The molecule has 0 saturated heterocycles. The molecule has 2 rings (SSSR count). The van der Waals surface area contributed by atoms with Crippen LogP contribution in [0, 0.1) is 0 Å². The molecule has 0 spiro atoms. The molecule has 14 heavy (non-hydrogen) atoms. The summed E-state index contributed by atoms with van der Waals surface area (Å²) in [5.74, 6) is 0. The number of para-hydroxylation sites is 1. The first-order valence-electron chi connectivity index (χ1n) is 4.44. The first kappa shape index (κ1) is 9.96. The standard InChI is InChI=1S/C10H11NOS2/c1-7(2)14(12)10-11-8-5-3-4-6-9(8)13-10/h3-7H,1-2H3. The number of nitrogens with zero attached hydrogens (tertiary/aromatic N) is 1. The highest BCUT2D eigenvalue weighted by atomic mass is 32.2. The van der Waals surface area contributed by atoms with Crippen molar-refractivity contribution < 1.29 is 4.55 Å². The highest BCUT2D eigenvalue weighted by Gasteiger charge is 2.20. The Morgan fingerprint density at radius 2 is 2.07 bits per heavy atom. The quantitative estimate of drug-likeness (QED) is 0.737. The Hall–Kier alpha value is -0.580. The van der Waals surface area contributed by atoms with Gasteiger partial charge in [-0.1, -0.05) is 23.5 Å². The third kappa shape index (κ3) is 1.78. The van der Waals surface area contributed by atoms with Gasteiger partial charge in [-0.15, -0.1) is 0 Å². The van der Waals surface area contributed by atoms with Crippen LogP contribution in [0.3, 0.4) is 0 Å². The molecule has 1 aromatic heterocycles. The van der Waals surface area contributed by atoms with E-state index in [0.29, 0.717) is 0 Å². The Kier molecular flexibility index (Phi) is 2.76. The predicted molar refractivity (Wildman–Crippen MR) is 61.2 cm³/mol. The van der Waals surface area contributed by atoms with Crippen LogP contribution in [0.5, 0.6) is 0 Å². The molecular weight excluding hydrogens is 214 g/mol. The fourth-order valence-corrected chi connectivity index (χ4v) is 3.60. The van der Waals surface area contributed by atoms with Gasteiger partial charge in [-0.2, -0.15) is 4.98 Å². The Labute approximate surface area is 90.2 Å². The number of hydrogen-bond acceptors (Lipinski definition) is 3. The minimum Gasteiger partial charge on any atom is -0.609 e. The number of aromatic nitrogens is 1. The maximum Gasteiger partial charge on any atom is 0.302 e. The number of benzene rings is 1. The Bertz CT molecular complexity index is 405. The highest BCUT2D eigenvalue weighted by Crippen LogP contribution is 2.27. The number of rotatable bonds is 2. The van der Waals surface area contributed by atoms with Gasteiger partial charge in [0.25, 0.3) is 0 Å². The molecule has 1 unspecified atom stereocenters. The summed E-state index contributed by atoms with van der Waals surface area (Å²) in [6.07, 6.45) is 0. The molecule has 1 aromatic carbocycles. The summed E-state index contributed by atoms with van der Waals surface area (Å²) in [6.45, 7) is 3.89. The van der Waals surface area contributed by atoms with Crippen LogP contribution in [0.4, 0.5) is 0 Å². The molecule has 2 aromatic rings. The Morgan fingerprint density at radius 3 is 2.71 bits per heavy atom. The lowest BCUT2D eigenvalue weighted by Crippen LogP contribution is -2.13. The fraction of sp³-hybridized carbons (Fsp3) is 0.300. The van der Waals surface area contributed by atoms with Gasteiger partial charge in [-0.25, -0.2) is 0 Å². The molecule has 4 heteroatoms. The zero-order valence-corrected chi connectivity index (χ0v) is 9.69. The number of thiazole rings is 1. The first-order chi connectivity index (χ1) is 6.68. The third-order valence-electron chi connectivity index (χ3n) is 1.87. The first-order valence-corrected chi connectivity index (χ1v) is 6.47. The van der Waals surface area contributed by atoms with Gasteiger partial charge in [0.15, 0.2) is 0 Å². The van der Waals surface area contributed by atoms with E-state index in [1.165, 1.54) is 11.3 Å². The van der Waals surface area contributed by atoms with Gasteiger partial charge in [-0.3, -0.25) is 0 Å². The van der Waals surface area contributed by atoms with Crippen LogP contribution in [0.2, 0.25) is 0 Å². The van der Waals surface area contributed by atoms with Gasteiger partial charge in [-0.05, 0) is 26.0 Å². The van der Waals surface area contributed by atoms with Crippen molar-refractivity contribution in [1.29, 1.82) is 0 Å². The van der Waals surface area contributed by atoms with E-state index in [9.17, 15) is 4.55 Å². The minimum absolute atomic E-state index is 0.135. The number of fused-ring (bicyclic) bond motifs is 1. The van der Waals surface area contributed by atoms with Crippen molar-refractivity contribution in [2.75, 3.05) is 0 Å². The zero-order chi connectivity index (χ0) is 10.1. The normalized spacial score (nSPS) is 13.7. The molecule has 0 bridgehead atoms. The molecule has 0 saturated carbocycles. The van der Waals surface area contributed by atoms with E-state index in [1.54, 1.807) is 0 Å². The van der Waals surface area contributed by atoms with Gasteiger partial charge in [0.1, 0.15) is 5.25 Å². The van der Waals surface area contributed by atoms with Crippen molar-refractivity contribution in [3.05, 3.63) is 24.3 Å². The molecule has 0 N–H and O–H groups in total. The Balaban J connectivity index is 2.45. The van der Waals surface area contributed by atoms with Gasteiger partial charge in [0.05, 0.1) is 10.2 Å². The molecular formula is C10H11NOS2. The third-order valence-corrected chi connectivity index (χ3v) is 4.74. The monoisotopic (exact) mass is 225 g/mol. The predicted octanol–water partition coefficient (Wildman–Crippen LogP) is 2.81. The average Bonchev–Trinajstić information content (AvgIpc) is 2.59. The molecule has 0 amide bonds. The summed E-state index contributed by atoms with van der Waals surface area (Å²) >= 11 is 0.562. The summed E-state index contributed by atoms with van der Waals surface area (Å²) in [7, 11) is 0. The van der Waals surface area contributed by atoms with Crippen LogP contribution in [0.1, 0.15) is 13.8 Å². The van der Waals surface area contributed by atoms with Crippen molar-refractivity contribution in [2.45, 2.75) is 23.4 Å². The minimum atomic E-state index is -0.960. The maximum absolute atomic E-state index is 11.8. The second-order valence-electron chi connectivity index (χ2n) is 3.29. The van der Waals surface area contributed by atoms with Crippen LogP contribution >= 0.6 is 11.3 Å². The maximum atomic E-state index is 11.8. The van der Waals surface area contributed by atoms with Crippen molar-refractivity contribution in [3.8, 4) is 0 Å². The highest BCUT2D eigenvalue weighted by molar-refractivity contribution is 7.94. The van der Waals surface area contributed by atoms with Crippen LogP contribution in [-0.4, -0.2) is 14.8 Å².